The summed E-state index contributed by atoms with van der Waals surface area (Å²) >= 11 is 1.33. The number of nitrogen functional groups attached to an aromatic ring is 1. The minimum Gasteiger partial charge on any atom is -0.375 e. The second-order valence-corrected chi connectivity index (χ2v) is 5.30. The topological polar surface area (TPSA) is 83.0 Å². The van der Waals surface area contributed by atoms with Crippen LogP contribution in [0.2, 0.25) is 0 Å². The highest BCUT2D eigenvalue weighted by Gasteiger charge is 2.12. The van der Waals surface area contributed by atoms with Gasteiger partial charge in [-0.1, -0.05) is 12.1 Å². The van der Waals surface area contributed by atoms with Gasteiger partial charge in [-0.3, -0.25) is 4.79 Å². The number of anilines is 1. The van der Waals surface area contributed by atoms with Crippen LogP contribution in [0.3, 0.4) is 0 Å². The van der Waals surface area contributed by atoms with Crippen molar-refractivity contribution in [3.05, 3.63) is 46.5 Å². The van der Waals surface area contributed by atoms with Gasteiger partial charge in [-0.2, -0.15) is 5.26 Å². The molecule has 0 saturated heterocycles. The Morgan fingerprint density at radius 3 is 2.70 bits per heavy atom. The van der Waals surface area contributed by atoms with Crippen LogP contribution in [0.1, 0.15) is 16.8 Å². The number of nitriles is 1. The largest absolute Gasteiger partial charge is 0.375 e. The third kappa shape index (κ3) is 3.56. The van der Waals surface area contributed by atoms with Crippen molar-refractivity contribution in [2.24, 2.45) is 0 Å². The first-order valence-corrected chi connectivity index (χ1v) is 6.89. The van der Waals surface area contributed by atoms with Crippen molar-refractivity contribution in [3.63, 3.8) is 0 Å². The van der Waals surface area contributed by atoms with Gasteiger partial charge in [0, 0.05) is 19.0 Å². The van der Waals surface area contributed by atoms with E-state index in [1.807, 2.05) is 12.1 Å². The summed E-state index contributed by atoms with van der Waals surface area (Å²) in [6, 6.07) is 9.26. The Bertz CT molecular complexity index is 642. The summed E-state index contributed by atoms with van der Waals surface area (Å²) in [5.41, 5.74) is 7.83. The molecule has 0 saturated carbocycles. The molecule has 1 aromatic heterocycles. The van der Waals surface area contributed by atoms with Crippen LogP contribution in [0.15, 0.2) is 29.6 Å². The Labute approximate surface area is 121 Å². The maximum atomic E-state index is 12.0. The van der Waals surface area contributed by atoms with Crippen molar-refractivity contribution >= 4 is 22.4 Å². The molecule has 0 fully saturated rings. The van der Waals surface area contributed by atoms with E-state index in [0.29, 0.717) is 22.9 Å². The molecule has 0 aliphatic rings. The molecular weight excluding hydrogens is 272 g/mol. The lowest BCUT2D eigenvalue weighted by Crippen LogP contribution is -2.27. The van der Waals surface area contributed by atoms with Crippen LogP contribution in [-0.4, -0.2) is 22.8 Å². The number of nitrogens with two attached hydrogens (primary N) is 1. The highest BCUT2D eigenvalue weighted by molar-refractivity contribution is 7.13. The third-order valence-electron chi connectivity index (χ3n) is 2.83. The molecule has 1 aromatic carbocycles. The lowest BCUT2D eigenvalue weighted by atomic mass is 10.1. The summed E-state index contributed by atoms with van der Waals surface area (Å²) in [6.07, 6.45) is 0.250. The minimum absolute atomic E-state index is 0.0142. The number of benzene rings is 1. The number of nitrogens with zero attached hydrogens (tertiary/aromatic N) is 3. The molecule has 0 unspecified atom stereocenters. The van der Waals surface area contributed by atoms with E-state index in [-0.39, 0.29) is 12.3 Å². The van der Waals surface area contributed by atoms with E-state index < -0.39 is 0 Å². The van der Waals surface area contributed by atoms with Gasteiger partial charge in [0.1, 0.15) is 0 Å². The van der Waals surface area contributed by atoms with Crippen LogP contribution in [0, 0.1) is 11.3 Å². The zero-order chi connectivity index (χ0) is 14.5. The number of aromatic nitrogens is 1. The van der Waals surface area contributed by atoms with Gasteiger partial charge >= 0.3 is 0 Å². The first-order valence-electron chi connectivity index (χ1n) is 6.01. The van der Waals surface area contributed by atoms with E-state index >= 15 is 0 Å². The van der Waals surface area contributed by atoms with Gasteiger partial charge < -0.3 is 10.6 Å². The Kier molecular flexibility index (Phi) is 4.33. The molecule has 0 aliphatic heterocycles. The first kappa shape index (κ1) is 14.0. The minimum atomic E-state index is -0.0142. The van der Waals surface area contributed by atoms with Crippen LogP contribution in [0.25, 0.3) is 0 Å². The van der Waals surface area contributed by atoms with Gasteiger partial charge in [-0.15, -0.1) is 11.3 Å². The summed E-state index contributed by atoms with van der Waals surface area (Å²) in [7, 11) is 1.75. The Morgan fingerprint density at radius 2 is 2.15 bits per heavy atom. The van der Waals surface area contributed by atoms with Gasteiger partial charge in [-0.25, -0.2) is 4.98 Å². The lowest BCUT2D eigenvalue weighted by Gasteiger charge is -2.16. The molecule has 0 radical (unpaired) electrons. The molecule has 2 rings (SSSR count). The number of rotatable bonds is 4. The molecule has 0 bridgehead atoms. The Balaban J connectivity index is 1.95. The van der Waals surface area contributed by atoms with Crippen molar-refractivity contribution in [2.75, 3.05) is 12.8 Å². The summed E-state index contributed by atoms with van der Waals surface area (Å²) in [5.74, 6) is -0.0142. The predicted molar refractivity (Wildman–Crippen MR) is 77.9 cm³/mol. The molecule has 1 amide bonds. The van der Waals surface area contributed by atoms with E-state index in [4.69, 9.17) is 11.0 Å². The van der Waals surface area contributed by atoms with Gasteiger partial charge in [0.25, 0.3) is 0 Å². The molecule has 0 aliphatic carbocycles. The van der Waals surface area contributed by atoms with Crippen molar-refractivity contribution in [2.45, 2.75) is 13.0 Å². The van der Waals surface area contributed by atoms with Gasteiger partial charge in [0.05, 0.1) is 23.7 Å². The Morgan fingerprint density at radius 1 is 1.45 bits per heavy atom. The summed E-state index contributed by atoms with van der Waals surface area (Å²) < 4.78 is 0. The van der Waals surface area contributed by atoms with Crippen LogP contribution in [-0.2, 0) is 17.8 Å². The highest BCUT2D eigenvalue weighted by Crippen LogP contribution is 2.13. The normalized spacial score (nSPS) is 10.0. The molecule has 102 valence electrons. The molecule has 20 heavy (non-hydrogen) atoms. The number of amides is 1. The van der Waals surface area contributed by atoms with Crippen LogP contribution < -0.4 is 5.73 Å². The molecule has 5 nitrogen and oxygen atoms in total. The summed E-state index contributed by atoms with van der Waals surface area (Å²) in [5, 5.41) is 11.0. The Hall–Kier alpha value is -2.39. The van der Waals surface area contributed by atoms with Crippen LogP contribution in [0.4, 0.5) is 5.13 Å². The van der Waals surface area contributed by atoms with E-state index in [0.717, 1.165) is 5.56 Å². The fraction of sp³-hybridized carbons (Fsp3) is 0.214. The second kappa shape index (κ2) is 6.17. The summed E-state index contributed by atoms with van der Waals surface area (Å²) in [4.78, 5) is 17.8. The average Bonchev–Trinajstić information content (AvgIpc) is 2.85. The SMILES string of the molecule is CN(Cc1ccc(C#N)cc1)C(=O)Cc1csc(N)n1. The van der Waals surface area contributed by atoms with E-state index in [1.165, 1.54) is 11.3 Å². The third-order valence-corrected chi connectivity index (χ3v) is 3.55. The highest BCUT2D eigenvalue weighted by atomic mass is 32.1. The zero-order valence-electron chi connectivity index (χ0n) is 11.0. The average molecular weight is 286 g/mol. The fourth-order valence-corrected chi connectivity index (χ4v) is 2.30. The van der Waals surface area contributed by atoms with Gasteiger partial charge in [-0.05, 0) is 17.7 Å². The quantitative estimate of drug-likeness (QED) is 0.929. The number of hydrogen-bond acceptors (Lipinski definition) is 5. The monoisotopic (exact) mass is 286 g/mol. The number of hydrogen-bond donors (Lipinski definition) is 1. The van der Waals surface area contributed by atoms with Crippen molar-refractivity contribution in [1.82, 2.24) is 9.88 Å². The van der Waals surface area contributed by atoms with Crippen LogP contribution >= 0.6 is 11.3 Å². The number of thiazole rings is 1. The first-order chi connectivity index (χ1) is 9.58. The second-order valence-electron chi connectivity index (χ2n) is 4.41. The number of carbonyl (C=O) groups excluding carboxylic acids is 1. The molecule has 2 N–H and O–H groups in total. The molecule has 0 spiro atoms. The number of carbonyl (C=O) groups is 1. The molecule has 6 heteroatoms. The van der Waals surface area contributed by atoms with Gasteiger partial charge in [0.2, 0.25) is 5.91 Å². The lowest BCUT2D eigenvalue weighted by molar-refractivity contribution is -0.129. The predicted octanol–water partition coefficient (Wildman–Crippen LogP) is 1.80. The number of likely N-dealkylation sites (N-methyl/N-ethyl adjacent to an activating group) is 1. The van der Waals surface area contributed by atoms with Crippen molar-refractivity contribution in [1.29, 1.82) is 5.26 Å². The molecule has 0 atom stereocenters. The molecule has 2 aromatic rings. The van der Waals surface area contributed by atoms with Crippen molar-refractivity contribution < 1.29 is 4.79 Å². The summed E-state index contributed by atoms with van der Waals surface area (Å²) in [6.45, 7) is 0.504. The maximum Gasteiger partial charge on any atom is 0.228 e. The zero-order valence-corrected chi connectivity index (χ0v) is 11.9. The molecular formula is C14H14N4OS. The van der Waals surface area contributed by atoms with E-state index in [9.17, 15) is 4.79 Å². The molecule has 1 heterocycles. The van der Waals surface area contributed by atoms with E-state index in [1.54, 1.807) is 29.5 Å². The van der Waals surface area contributed by atoms with E-state index in [2.05, 4.69) is 11.1 Å². The fourth-order valence-electron chi connectivity index (χ4n) is 1.74. The smallest absolute Gasteiger partial charge is 0.228 e. The van der Waals surface area contributed by atoms with Gasteiger partial charge in [0.15, 0.2) is 5.13 Å². The standard InChI is InChI=1S/C14H14N4OS/c1-18(8-11-4-2-10(7-15)3-5-11)13(19)6-12-9-20-14(16)17-12/h2-5,9H,6,8H2,1H3,(H2,16,17). The maximum absolute atomic E-state index is 12.0. The van der Waals surface area contributed by atoms with Crippen LogP contribution in [0.5, 0.6) is 0 Å². The van der Waals surface area contributed by atoms with Crippen molar-refractivity contribution in [3.8, 4) is 6.07 Å².